The molecule has 0 fully saturated rings. The van der Waals surface area contributed by atoms with Crippen LogP contribution in [0.5, 0.6) is 11.5 Å². The van der Waals surface area contributed by atoms with Crippen LogP contribution in [0.15, 0.2) is 48.5 Å². The van der Waals surface area contributed by atoms with Crippen LogP contribution in [0.1, 0.15) is 12.5 Å². The number of benzene rings is 2. The van der Waals surface area contributed by atoms with Gasteiger partial charge in [-0.3, -0.25) is 14.9 Å². The molecule has 0 spiro atoms. The molecular weight excluding hydrogens is 368 g/mol. The number of rotatable bonds is 6. The Morgan fingerprint density at radius 2 is 1.96 bits per heavy atom. The third-order valence-electron chi connectivity index (χ3n) is 3.83. The summed E-state index contributed by atoms with van der Waals surface area (Å²) in [6.45, 7) is 1.52. The average molecular weight is 384 g/mol. The number of carbonyl (C=O) groups is 2. The van der Waals surface area contributed by atoms with E-state index in [-0.39, 0.29) is 18.2 Å². The van der Waals surface area contributed by atoms with Crippen molar-refractivity contribution in [3.8, 4) is 11.5 Å². The van der Waals surface area contributed by atoms with Crippen LogP contribution in [0.25, 0.3) is 6.08 Å². The molecule has 1 N–H and O–H groups in total. The number of carbonyl (C=O) groups excluding carboxylic acids is 2. The molecule has 9 heteroatoms. The lowest BCUT2D eigenvalue weighted by Crippen LogP contribution is -2.29. The SMILES string of the molecule is C[C@@H](OC(=O)/C=C/c1ccc2c(c1)OCO2)C(=O)Nc1ccccc1[N+](=O)[O-]. The highest BCUT2D eigenvalue weighted by molar-refractivity contribution is 5.98. The highest BCUT2D eigenvalue weighted by atomic mass is 16.7. The molecule has 0 saturated heterocycles. The average Bonchev–Trinajstić information content (AvgIpc) is 3.14. The van der Waals surface area contributed by atoms with E-state index in [9.17, 15) is 19.7 Å². The van der Waals surface area contributed by atoms with Gasteiger partial charge in [-0.2, -0.15) is 0 Å². The molecule has 0 radical (unpaired) electrons. The topological polar surface area (TPSA) is 117 Å². The zero-order chi connectivity index (χ0) is 20.1. The number of hydrogen-bond acceptors (Lipinski definition) is 7. The minimum atomic E-state index is -1.14. The molecule has 9 nitrogen and oxygen atoms in total. The molecule has 0 aliphatic carbocycles. The van der Waals surface area contributed by atoms with E-state index in [1.165, 1.54) is 37.3 Å². The van der Waals surface area contributed by atoms with E-state index in [0.717, 1.165) is 0 Å². The van der Waals surface area contributed by atoms with Crippen molar-refractivity contribution < 1.29 is 28.7 Å². The van der Waals surface area contributed by atoms with E-state index in [1.54, 1.807) is 24.3 Å². The van der Waals surface area contributed by atoms with Crippen LogP contribution in [0.3, 0.4) is 0 Å². The summed E-state index contributed by atoms with van der Waals surface area (Å²) in [6, 6.07) is 10.9. The number of esters is 1. The van der Waals surface area contributed by atoms with Crippen LogP contribution in [0, 0.1) is 10.1 Å². The third kappa shape index (κ3) is 4.44. The van der Waals surface area contributed by atoms with Gasteiger partial charge in [-0.15, -0.1) is 0 Å². The number of anilines is 1. The summed E-state index contributed by atoms with van der Waals surface area (Å²) < 4.78 is 15.5. The second-order valence-corrected chi connectivity index (χ2v) is 5.79. The van der Waals surface area contributed by atoms with Crippen molar-refractivity contribution in [2.75, 3.05) is 12.1 Å². The Hall–Kier alpha value is -3.88. The number of nitrogens with zero attached hydrogens (tertiary/aromatic N) is 1. The van der Waals surface area contributed by atoms with Gasteiger partial charge in [-0.05, 0) is 36.8 Å². The molecule has 28 heavy (non-hydrogen) atoms. The molecule has 144 valence electrons. The van der Waals surface area contributed by atoms with Crippen molar-refractivity contribution in [3.05, 3.63) is 64.2 Å². The summed E-state index contributed by atoms with van der Waals surface area (Å²) in [5.74, 6) is -0.213. The molecule has 1 aliphatic rings. The number of nitrogens with one attached hydrogen (secondary N) is 1. The Bertz CT molecular complexity index is 955. The largest absolute Gasteiger partial charge is 0.454 e. The normalized spacial score (nSPS) is 13.2. The van der Waals surface area contributed by atoms with Gasteiger partial charge in [-0.25, -0.2) is 4.79 Å². The Morgan fingerprint density at radius 1 is 1.21 bits per heavy atom. The maximum atomic E-state index is 12.2. The molecule has 0 aromatic heterocycles. The maximum absolute atomic E-state index is 12.2. The third-order valence-corrected chi connectivity index (χ3v) is 3.83. The number of nitro benzene ring substituents is 1. The molecule has 1 heterocycles. The Labute approximate surface area is 159 Å². The molecule has 1 aliphatic heterocycles. The van der Waals surface area contributed by atoms with Gasteiger partial charge in [0.05, 0.1) is 4.92 Å². The fraction of sp³-hybridized carbons (Fsp3) is 0.158. The number of para-hydroxylation sites is 2. The summed E-state index contributed by atoms with van der Waals surface area (Å²) in [6.07, 6.45) is 1.54. The van der Waals surface area contributed by atoms with Crippen molar-refractivity contribution in [3.63, 3.8) is 0 Å². The zero-order valence-corrected chi connectivity index (χ0v) is 14.8. The van der Waals surface area contributed by atoms with Gasteiger partial charge in [0.1, 0.15) is 5.69 Å². The quantitative estimate of drug-likeness (QED) is 0.352. The Kier molecular flexibility index (Phi) is 5.54. The Balaban J connectivity index is 1.58. The minimum Gasteiger partial charge on any atom is -0.454 e. The van der Waals surface area contributed by atoms with Crippen molar-refractivity contribution in [2.45, 2.75) is 13.0 Å². The summed E-state index contributed by atoms with van der Waals surface area (Å²) in [4.78, 5) is 34.5. The fourth-order valence-corrected chi connectivity index (χ4v) is 2.42. The molecule has 0 saturated carbocycles. The van der Waals surface area contributed by atoms with Crippen molar-refractivity contribution in [1.29, 1.82) is 0 Å². The monoisotopic (exact) mass is 384 g/mol. The molecular formula is C19H16N2O7. The minimum absolute atomic E-state index is 0.0244. The van der Waals surface area contributed by atoms with E-state index in [2.05, 4.69) is 5.32 Å². The van der Waals surface area contributed by atoms with E-state index in [0.29, 0.717) is 17.1 Å². The molecule has 1 amide bonds. The lowest BCUT2D eigenvalue weighted by Gasteiger charge is -2.12. The molecule has 3 rings (SSSR count). The molecule has 2 aromatic rings. The predicted molar refractivity (Wildman–Crippen MR) is 98.9 cm³/mol. The van der Waals surface area contributed by atoms with E-state index < -0.39 is 22.9 Å². The second-order valence-electron chi connectivity index (χ2n) is 5.79. The first kappa shape index (κ1) is 18.9. The number of amides is 1. The number of ether oxygens (including phenoxy) is 3. The molecule has 2 aromatic carbocycles. The molecule has 1 atom stereocenters. The van der Waals surface area contributed by atoms with Crippen LogP contribution in [-0.2, 0) is 14.3 Å². The number of fused-ring (bicyclic) bond motifs is 1. The summed E-state index contributed by atoms with van der Waals surface area (Å²) >= 11 is 0. The van der Waals surface area contributed by atoms with Gasteiger partial charge in [0.15, 0.2) is 17.6 Å². The Morgan fingerprint density at radius 3 is 2.75 bits per heavy atom. The van der Waals surface area contributed by atoms with Crippen molar-refractivity contribution in [2.24, 2.45) is 0 Å². The molecule has 0 bridgehead atoms. The highest BCUT2D eigenvalue weighted by Crippen LogP contribution is 2.32. The first-order chi connectivity index (χ1) is 13.4. The smallest absolute Gasteiger partial charge is 0.331 e. The molecule has 0 unspecified atom stereocenters. The zero-order valence-electron chi connectivity index (χ0n) is 14.8. The van der Waals surface area contributed by atoms with Crippen LogP contribution < -0.4 is 14.8 Å². The van der Waals surface area contributed by atoms with Crippen LogP contribution in [0.2, 0.25) is 0 Å². The van der Waals surface area contributed by atoms with Gasteiger partial charge >= 0.3 is 5.97 Å². The van der Waals surface area contributed by atoms with E-state index in [1.807, 2.05) is 0 Å². The number of hydrogen-bond donors (Lipinski definition) is 1. The first-order valence-electron chi connectivity index (χ1n) is 8.26. The van der Waals surface area contributed by atoms with Gasteiger partial charge < -0.3 is 19.5 Å². The van der Waals surface area contributed by atoms with Crippen LogP contribution in [-0.4, -0.2) is 29.7 Å². The standard InChI is InChI=1S/C19H16N2O7/c1-12(19(23)20-14-4-2-3-5-15(14)21(24)25)28-18(22)9-7-13-6-8-16-17(10-13)27-11-26-16/h2-10,12H,11H2,1H3,(H,20,23)/b9-7+/t12-/m1/s1. The summed E-state index contributed by atoms with van der Waals surface area (Å²) in [5, 5.41) is 13.4. The van der Waals surface area contributed by atoms with Gasteiger partial charge in [0.2, 0.25) is 6.79 Å². The van der Waals surface area contributed by atoms with Gasteiger partial charge in [-0.1, -0.05) is 18.2 Å². The van der Waals surface area contributed by atoms with Gasteiger partial charge in [0, 0.05) is 12.1 Å². The van der Waals surface area contributed by atoms with Gasteiger partial charge in [0.25, 0.3) is 11.6 Å². The maximum Gasteiger partial charge on any atom is 0.331 e. The van der Waals surface area contributed by atoms with Crippen molar-refractivity contribution in [1.82, 2.24) is 0 Å². The van der Waals surface area contributed by atoms with Crippen LogP contribution in [0.4, 0.5) is 11.4 Å². The van der Waals surface area contributed by atoms with E-state index in [4.69, 9.17) is 14.2 Å². The number of nitro groups is 1. The summed E-state index contributed by atoms with van der Waals surface area (Å²) in [5.41, 5.74) is 0.464. The highest BCUT2D eigenvalue weighted by Gasteiger charge is 2.21. The van der Waals surface area contributed by atoms with Crippen LogP contribution >= 0.6 is 0 Å². The van der Waals surface area contributed by atoms with E-state index >= 15 is 0 Å². The second kappa shape index (κ2) is 8.21. The first-order valence-corrected chi connectivity index (χ1v) is 8.26. The van der Waals surface area contributed by atoms with Crippen molar-refractivity contribution >= 4 is 29.3 Å². The summed E-state index contributed by atoms with van der Waals surface area (Å²) in [7, 11) is 0. The lowest BCUT2D eigenvalue weighted by molar-refractivity contribution is -0.383. The fourth-order valence-electron chi connectivity index (χ4n) is 2.42. The lowest BCUT2D eigenvalue weighted by atomic mass is 10.2. The predicted octanol–water partition coefficient (Wildman–Crippen LogP) is 2.91.